The van der Waals surface area contributed by atoms with Crippen molar-refractivity contribution >= 4 is 17.3 Å². The Morgan fingerprint density at radius 2 is 1.95 bits per heavy atom. The van der Waals surface area contributed by atoms with Gasteiger partial charge in [0.05, 0.1) is 24.1 Å². The van der Waals surface area contributed by atoms with Crippen LogP contribution in [0, 0.1) is 0 Å². The predicted molar refractivity (Wildman–Crippen MR) is 83.2 cm³/mol. The van der Waals surface area contributed by atoms with Crippen LogP contribution in [0.25, 0.3) is 0 Å². The molecule has 112 valence electrons. The number of nitrogen functional groups attached to an aromatic ring is 1. The van der Waals surface area contributed by atoms with Crippen molar-refractivity contribution in [3.8, 4) is 0 Å². The summed E-state index contributed by atoms with van der Waals surface area (Å²) in [5.74, 6) is -0.0469. The normalized spacial score (nSPS) is 10.7. The molecule has 0 spiro atoms. The number of likely N-dealkylation sites (N-methyl/N-ethyl adjacent to an activating group) is 1. The van der Waals surface area contributed by atoms with Crippen LogP contribution in [0.15, 0.2) is 18.2 Å². The molecule has 0 atom stereocenters. The number of rotatable bonds is 6. The van der Waals surface area contributed by atoms with Crippen LogP contribution in [0.3, 0.4) is 0 Å². The van der Waals surface area contributed by atoms with E-state index in [1.807, 2.05) is 38.9 Å². The number of amides is 1. The van der Waals surface area contributed by atoms with Crippen molar-refractivity contribution in [1.29, 1.82) is 0 Å². The average molecular weight is 279 g/mol. The smallest absolute Gasteiger partial charge is 0.253 e. The van der Waals surface area contributed by atoms with Crippen LogP contribution >= 0.6 is 0 Å². The molecule has 1 rings (SSSR count). The summed E-state index contributed by atoms with van der Waals surface area (Å²) in [4.78, 5) is 15.8. The van der Waals surface area contributed by atoms with Gasteiger partial charge in [-0.05, 0) is 32.0 Å². The zero-order chi connectivity index (χ0) is 15.3. The summed E-state index contributed by atoms with van der Waals surface area (Å²) in [6, 6.07) is 5.38. The first kappa shape index (κ1) is 16.3. The molecule has 0 unspecified atom stereocenters. The van der Waals surface area contributed by atoms with Crippen molar-refractivity contribution in [2.24, 2.45) is 0 Å². The Kier molecular flexibility index (Phi) is 5.82. The Morgan fingerprint density at radius 1 is 1.30 bits per heavy atom. The Labute approximate surface area is 121 Å². The van der Waals surface area contributed by atoms with Gasteiger partial charge in [0.1, 0.15) is 0 Å². The molecule has 0 radical (unpaired) electrons. The minimum atomic E-state index is -0.0469. The summed E-state index contributed by atoms with van der Waals surface area (Å²) in [7, 11) is 5.60. The molecule has 20 heavy (non-hydrogen) atoms. The fourth-order valence-electron chi connectivity index (χ4n) is 1.84. The summed E-state index contributed by atoms with van der Waals surface area (Å²) in [6.07, 6.45) is 0.175. The molecule has 0 aromatic heterocycles. The van der Waals surface area contributed by atoms with Gasteiger partial charge in [0.15, 0.2) is 0 Å². The van der Waals surface area contributed by atoms with E-state index in [9.17, 15) is 4.79 Å². The van der Waals surface area contributed by atoms with Gasteiger partial charge in [0.2, 0.25) is 0 Å². The molecule has 1 aromatic rings. The van der Waals surface area contributed by atoms with E-state index < -0.39 is 0 Å². The summed E-state index contributed by atoms with van der Waals surface area (Å²) in [5, 5.41) is 0. The lowest BCUT2D eigenvalue weighted by Gasteiger charge is -2.20. The van der Waals surface area contributed by atoms with E-state index in [1.165, 1.54) is 0 Å². The standard InChI is InChI=1S/C15H25N3O2/c1-11(2)20-9-8-18(5)15(19)12-6-7-14(17(3)4)13(16)10-12/h6-7,10-11H,8-9,16H2,1-5H3. The van der Waals surface area contributed by atoms with E-state index in [-0.39, 0.29) is 12.0 Å². The number of hydrogen-bond acceptors (Lipinski definition) is 4. The lowest BCUT2D eigenvalue weighted by molar-refractivity contribution is 0.0532. The largest absolute Gasteiger partial charge is 0.397 e. The highest BCUT2D eigenvalue weighted by molar-refractivity contribution is 5.96. The number of ether oxygens (including phenoxy) is 1. The first-order chi connectivity index (χ1) is 9.32. The third-order valence-corrected chi connectivity index (χ3v) is 2.98. The minimum Gasteiger partial charge on any atom is -0.397 e. The molecule has 0 bridgehead atoms. The van der Waals surface area contributed by atoms with Gasteiger partial charge in [-0.15, -0.1) is 0 Å². The number of carbonyl (C=O) groups excluding carboxylic acids is 1. The topological polar surface area (TPSA) is 58.8 Å². The minimum absolute atomic E-state index is 0.0469. The molecule has 0 aliphatic rings. The number of anilines is 2. The van der Waals surface area contributed by atoms with E-state index >= 15 is 0 Å². The molecule has 5 nitrogen and oxygen atoms in total. The molecule has 0 fully saturated rings. The summed E-state index contributed by atoms with van der Waals surface area (Å²) >= 11 is 0. The van der Waals surface area contributed by atoms with Gasteiger partial charge in [0.25, 0.3) is 5.91 Å². The van der Waals surface area contributed by atoms with Gasteiger partial charge in [-0.1, -0.05) is 0 Å². The molecule has 1 aromatic carbocycles. The summed E-state index contributed by atoms with van der Waals surface area (Å²) in [6.45, 7) is 5.04. The first-order valence-corrected chi connectivity index (χ1v) is 6.76. The van der Waals surface area contributed by atoms with E-state index in [2.05, 4.69) is 0 Å². The second-order valence-corrected chi connectivity index (χ2v) is 5.31. The van der Waals surface area contributed by atoms with Crippen LogP contribution in [-0.2, 0) is 4.74 Å². The van der Waals surface area contributed by atoms with Crippen LogP contribution in [0.4, 0.5) is 11.4 Å². The number of nitrogens with zero attached hydrogens (tertiary/aromatic N) is 2. The van der Waals surface area contributed by atoms with Crippen molar-refractivity contribution in [3.63, 3.8) is 0 Å². The van der Waals surface area contributed by atoms with Gasteiger partial charge >= 0.3 is 0 Å². The van der Waals surface area contributed by atoms with Crippen LogP contribution in [0.2, 0.25) is 0 Å². The van der Waals surface area contributed by atoms with Gasteiger partial charge in [-0.3, -0.25) is 4.79 Å². The molecule has 1 amide bonds. The molecular weight excluding hydrogens is 254 g/mol. The predicted octanol–water partition coefficient (Wildman–Crippen LogP) is 1.83. The first-order valence-electron chi connectivity index (χ1n) is 6.76. The van der Waals surface area contributed by atoms with E-state index in [1.54, 1.807) is 24.1 Å². The number of hydrogen-bond donors (Lipinski definition) is 1. The molecule has 0 aliphatic heterocycles. The maximum Gasteiger partial charge on any atom is 0.253 e. The van der Waals surface area contributed by atoms with Crippen LogP contribution < -0.4 is 10.6 Å². The van der Waals surface area contributed by atoms with Gasteiger partial charge in [-0.25, -0.2) is 0 Å². The third-order valence-electron chi connectivity index (χ3n) is 2.98. The maximum atomic E-state index is 12.3. The zero-order valence-corrected chi connectivity index (χ0v) is 13.0. The lowest BCUT2D eigenvalue weighted by atomic mass is 10.1. The molecule has 0 aliphatic carbocycles. The number of benzene rings is 1. The van der Waals surface area contributed by atoms with E-state index in [0.717, 1.165) is 5.69 Å². The molecule has 0 saturated heterocycles. The average Bonchev–Trinajstić information content (AvgIpc) is 2.36. The highest BCUT2D eigenvalue weighted by Gasteiger charge is 2.13. The maximum absolute atomic E-state index is 12.3. The number of nitrogens with two attached hydrogens (primary N) is 1. The highest BCUT2D eigenvalue weighted by Crippen LogP contribution is 2.22. The molecule has 0 heterocycles. The SMILES string of the molecule is CC(C)OCCN(C)C(=O)c1ccc(N(C)C)c(N)c1. The van der Waals surface area contributed by atoms with E-state index in [0.29, 0.717) is 24.4 Å². The second kappa shape index (κ2) is 7.14. The Bertz CT molecular complexity index is 458. The van der Waals surface area contributed by atoms with Crippen molar-refractivity contribution in [3.05, 3.63) is 23.8 Å². The van der Waals surface area contributed by atoms with Crippen LogP contribution in [0.5, 0.6) is 0 Å². The Hall–Kier alpha value is -1.75. The lowest BCUT2D eigenvalue weighted by Crippen LogP contribution is -2.30. The monoisotopic (exact) mass is 279 g/mol. The molecule has 0 saturated carbocycles. The van der Waals surface area contributed by atoms with E-state index in [4.69, 9.17) is 10.5 Å². The molecular formula is C15H25N3O2. The van der Waals surface area contributed by atoms with Crippen molar-refractivity contribution in [1.82, 2.24) is 4.90 Å². The van der Waals surface area contributed by atoms with Gasteiger partial charge in [-0.2, -0.15) is 0 Å². The quantitative estimate of drug-likeness (QED) is 0.807. The van der Waals surface area contributed by atoms with Crippen molar-refractivity contribution < 1.29 is 9.53 Å². The summed E-state index contributed by atoms with van der Waals surface area (Å²) < 4.78 is 5.45. The summed E-state index contributed by atoms with van der Waals surface area (Å²) in [5.41, 5.74) is 8.07. The Morgan fingerprint density at radius 3 is 2.45 bits per heavy atom. The second-order valence-electron chi connectivity index (χ2n) is 5.31. The van der Waals surface area contributed by atoms with Gasteiger partial charge < -0.3 is 20.3 Å². The third kappa shape index (κ3) is 4.42. The van der Waals surface area contributed by atoms with Crippen molar-refractivity contribution in [2.75, 3.05) is 44.9 Å². The van der Waals surface area contributed by atoms with Gasteiger partial charge in [0, 0.05) is 33.3 Å². The van der Waals surface area contributed by atoms with Crippen LogP contribution in [0.1, 0.15) is 24.2 Å². The van der Waals surface area contributed by atoms with Crippen molar-refractivity contribution in [2.45, 2.75) is 20.0 Å². The zero-order valence-electron chi connectivity index (χ0n) is 13.0. The van der Waals surface area contributed by atoms with Crippen LogP contribution in [-0.4, -0.2) is 51.2 Å². The fourth-order valence-corrected chi connectivity index (χ4v) is 1.84. The fraction of sp³-hybridized carbons (Fsp3) is 0.533. The Balaban J connectivity index is 2.69. The number of carbonyl (C=O) groups is 1. The molecule has 5 heteroatoms. The highest BCUT2D eigenvalue weighted by atomic mass is 16.5. The molecule has 2 N–H and O–H groups in total.